The average Bonchev–Trinajstić information content (AvgIpc) is 2.46. The lowest BCUT2D eigenvalue weighted by Crippen LogP contribution is -1.93. The van der Waals surface area contributed by atoms with Gasteiger partial charge in [0.1, 0.15) is 18.2 Å². The Morgan fingerprint density at radius 2 is 1.90 bits per heavy atom. The Balaban J connectivity index is 1.91. The second-order valence-corrected chi connectivity index (χ2v) is 3.98. The third-order valence-corrected chi connectivity index (χ3v) is 2.55. The summed E-state index contributed by atoms with van der Waals surface area (Å²) in [4.78, 5) is 4.94. The molecule has 5 heteroatoms. The highest BCUT2D eigenvalue weighted by molar-refractivity contribution is 5.79. The number of nitrogens with zero attached hydrogens (tertiary/aromatic N) is 2. The van der Waals surface area contributed by atoms with Crippen LogP contribution in [0.15, 0.2) is 47.6 Å². The second-order valence-electron chi connectivity index (χ2n) is 3.98. The predicted molar refractivity (Wildman–Crippen MR) is 69.9 cm³/mol. The van der Waals surface area contributed by atoms with E-state index in [1.165, 1.54) is 12.3 Å². The lowest BCUT2D eigenvalue weighted by atomic mass is 10.2. The highest BCUT2D eigenvalue weighted by Crippen LogP contribution is 2.10. The molecule has 0 radical (unpaired) electrons. The predicted octanol–water partition coefficient (Wildman–Crippen LogP) is 3.39. The van der Waals surface area contributed by atoms with E-state index in [1.807, 2.05) is 6.07 Å². The molecule has 0 spiro atoms. The first-order valence-corrected chi connectivity index (χ1v) is 5.78. The number of benzene rings is 2. The van der Waals surface area contributed by atoms with Gasteiger partial charge in [0.25, 0.3) is 0 Å². The van der Waals surface area contributed by atoms with E-state index in [-0.39, 0.29) is 12.2 Å². The number of hydrogen-bond donors (Lipinski definition) is 0. The maximum Gasteiger partial charge on any atom is 0.145 e. The molecule has 2 aromatic carbocycles. The van der Waals surface area contributed by atoms with E-state index in [0.717, 1.165) is 17.7 Å². The van der Waals surface area contributed by atoms with Gasteiger partial charge in [0.2, 0.25) is 0 Å². The summed E-state index contributed by atoms with van der Waals surface area (Å²) in [5.74, 6) is -1.30. The molecule has 0 aliphatic carbocycles. The fraction of sp³-hybridized carbons (Fsp3) is 0.0667. The van der Waals surface area contributed by atoms with Crippen LogP contribution in [0.5, 0.6) is 0 Å². The smallest absolute Gasteiger partial charge is 0.145 e. The molecular formula is C15H10F2N2O. The van der Waals surface area contributed by atoms with Crippen LogP contribution in [0.3, 0.4) is 0 Å². The standard InChI is InChI=1S/C15H10F2N2O/c16-14-6-5-13(15(17)7-14)10-20-19-9-12-3-1-11(8-18)2-4-12/h1-7,9H,10H2. The van der Waals surface area contributed by atoms with Crippen molar-refractivity contribution in [1.29, 1.82) is 5.26 Å². The van der Waals surface area contributed by atoms with Crippen LogP contribution >= 0.6 is 0 Å². The average molecular weight is 272 g/mol. The van der Waals surface area contributed by atoms with Crippen molar-refractivity contribution in [3.8, 4) is 6.07 Å². The van der Waals surface area contributed by atoms with Gasteiger partial charge in [-0.1, -0.05) is 17.3 Å². The molecule has 0 aliphatic rings. The maximum atomic E-state index is 13.3. The summed E-state index contributed by atoms with van der Waals surface area (Å²) < 4.78 is 26.0. The molecule has 0 unspecified atom stereocenters. The summed E-state index contributed by atoms with van der Waals surface area (Å²) in [5, 5.41) is 12.3. The SMILES string of the molecule is N#Cc1ccc(C=NOCc2ccc(F)cc2F)cc1. The van der Waals surface area contributed by atoms with Gasteiger partial charge in [0.15, 0.2) is 0 Å². The van der Waals surface area contributed by atoms with Crippen molar-refractivity contribution >= 4 is 6.21 Å². The Morgan fingerprint density at radius 1 is 1.15 bits per heavy atom. The van der Waals surface area contributed by atoms with Gasteiger partial charge in [-0.05, 0) is 29.8 Å². The van der Waals surface area contributed by atoms with Crippen LogP contribution in [0, 0.1) is 23.0 Å². The number of nitriles is 1. The normalized spacial score (nSPS) is 10.4. The molecule has 0 aliphatic heterocycles. The fourth-order valence-corrected chi connectivity index (χ4v) is 1.49. The van der Waals surface area contributed by atoms with Crippen LogP contribution in [-0.4, -0.2) is 6.21 Å². The largest absolute Gasteiger partial charge is 0.391 e. The van der Waals surface area contributed by atoms with E-state index in [0.29, 0.717) is 5.56 Å². The summed E-state index contributed by atoms with van der Waals surface area (Å²) in [5.41, 5.74) is 1.53. The van der Waals surface area contributed by atoms with Crippen molar-refractivity contribution in [3.63, 3.8) is 0 Å². The minimum atomic E-state index is -0.668. The molecule has 0 fully saturated rings. The maximum absolute atomic E-state index is 13.3. The van der Waals surface area contributed by atoms with E-state index in [4.69, 9.17) is 10.1 Å². The van der Waals surface area contributed by atoms with Crippen molar-refractivity contribution in [2.45, 2.75) is 6.61 Å². The van der Waals surface area contributed by atoms with Crippen LogP contribution in [-0.2, 0) is 11.4 Å². The summed E-state index contributed by atoms with van der Waals surface area (Å²) in [6.45, 7) is -0.0844. The number of halogens is 2. The van der Waals surface area contributed by atoms with Gasteiger partial charge < -0.3 is 4.84 Å². The van der Waals surface area contributed by atoms with Crippen molar-refractivity contribution < 1.29 is 13.6 Å². The van der Waals surface area contributed by atoms with Crippen LogP contribution in [0.4, 0.5) is 8.78 Å². The molecular weight excluding hydrogens is 262 g/mol. The molecule has 20 heavy (non-hydrogen) atoms. The Hall–Kier alpha value is -2.74. The van der Waals surface area contributed by atoms with Crippen molar-refractivity contribution in [2.24, 2.45) is 5.16 Å². The summed E-state index contributed by atoms with van der Waals surface area (Å²) in [6, 6.07) is 12.0. The van der Waals surface area contributed by atoms with E-state index in [1.54, 1.807) is 24.3 Å². The van der Waals surface area contributed by atoms with Gasteiger partial charge in [-0.25, -0.2) is 8.78 Å². The molecule has 0 saturated heterocycles. The van der Waals surface area contributed by atoms with Crippen molar-refractivity contribution in [1.82, 2.24) is 0 Å². The number of hydrogen-bond acceptors (Lipinski definition) is 3. The van der Waals surface area contributed by atoms with Crippen LogP contribution in [0.25, 0.3) is 0 Å². The monoisotopic (exact) mass is 272 g/mol. The third-order valence-electron chi connectivity index (χ3n) is 2.55. The molecule has 0 atom stereocenters. The highest BCUT2D eigenvalue weighted by Gasteiger charge is 2.03. The molecule has 0 amide bonds. The Bertz CT molecular complexity index is 661. The second kappa shape index (κ2) is 6.43. The minimum absolute atomic E-state index is 0.0844. The Morgan fingerprint density at radius 3 is 2.55 bits per heavy atom. The lowest BCUT2D eigenvalue weighted by Gasteiger charge is -2.01. The van der Waals surface area contributed by atoms with Crippen LogP contribution in [0.1, 0.15) is 16.7 Å². The fourth-order valence-electron chi connectivity index (χ4n) is 1.49. The molecule has 0 heterocycles. The lowest BCUT2D eigenvalue weighted by molar-refractivity contribution is 0.129. The third kappa shape index (κ3) is 3.62. The number of rotatable bonds is 4. The van der Waals surface area contributed by atoms with Gasteiger partial charge in [0, 0.05) is 11.6 Å². The first-order valence-electron chi connectivity index (χ1n) is 5.78. The van der Waals surface area contributed by atoms with E-state index in [9.17, 15) is 8.78 Å². The molecule has 0 aromatic heterocycles. The molecule has 2 rings (SSSR count). The van der Waals surface area contributed by atoms with E-state index in [2.05, 4.69) is 5.16 Å². The molecule has 0 saturated carbocycles. The van der Waals surface area contributed by atoms with Gasteiger partial charge in [-0.15, -0.1) is 0 Å². The molecule has 0 N–H and O–H groups in total. The molecule has 100 valence electrons. The quantitative estimate of drug-likeness (QED) is 0.632. The van der Waals surface area contributed by atoms with Crippen LogP contribution in [0.2, 0.25) is 0 Å². The summed E-state index contributed by atoms with van der Waals surface area (Å²) in [7, 11) is 0. The molecule has 3 nitrogen and oxygen atoms in total. The van der Waals surface area contributed by atoms with Gasteiger partial charge >= 0.3 is 0 Å². The van der Waals surface area contributed by atoms with Crippen LogP contribution < -0.4 is 0 Å². The van der Waals surface area contributed by atoms with Crippen molar-refractivity contribution in [2.75, 3.05) is 0 Å². The zero-order valence-electron chi connectivity index (χ0n) is 10.4. The number of oxime groups is 1. The zero-order valence-corrected chi connectivity index (χ0v) is 10.4. The van der Waals surface area contributed by atoms with E-state index >= 15 is 0 Å². The first-order chi connectivity index (χ1) is 9.69. The highest BCUT2D eigenvalue weighted by atomic mass is 19.1. The first kappa shape index (κ1) is 13.7. The van der Waals surface area contributed by atoms with Gasteiger partial charge in [-0.2, -0.15) is 5.26 Å². The minimum Gasteiger partial charge on any atom is -0.391 e. The van der Waals surface area contributed by atoms with E-state index < -0.39 is 11.6 Å². The van der Waals surface area contributed by atoms with Gasteiger partial charge in [-0.3, -0.25) is 0 Å². The van der Waals surface area contributed by atoms with Crippen molar-refractivity contribution in [3.05, 3.63) is 70.8 Å². The summed E-state index contributed by atoms with van der Waals surface area (Å²) >= 11 is 0. The summed E-state index contributed by atoms with van der Waals surface area (Å²) in [6.07, 6.45) is 1.45. The molecule has 2 aromatic rings. The van der Waals surface area contributed by atoms with Gasteiger partial charge in [0.05, 0.1) is 17.8 Å². The Labute approximate surface area is 114 Å². The Kier molecular flexibility index (Phi) is 4.40. The topological polar surface area (TPSA) is 45.4 Å². The zero-order chi connectivity index (χ0) is 14.4. The molecule has 0 bridgehead atoms.